The molecule has 0 saturated heterocycles. The zero-order valence-electron chi connectivity index (χ0n) is 17.3. The minimum atomic E-state index is -0.605. The molecule has 0 saturated carbocycles. The zero-order valence-corrected chi connectivity index (χ0v) is 17.3. The fourth-order valence-corrected chi connectivity index (χ4v) is 3.24. The molecule has 164 valence electrons. The van der Waals surface area contributed by atoms with E-state index in [1.807, 2.05) is 32.0 Å². The Kier molecular flexibility index (Phi) is 7.07. The van der Waals surface area contributed by atoms with Crippen LogP contribution in [0, 0.1) is 16.0 Å². The number of nitrogens with zero attached hydrogens (tertiary/aromatic N) is 1. The third-order valence-corrected chi connectivity index (χ3v) is 4.80. The molecule has 1 N–H and O–H groups in total. The lowest BCUT2D eigenvalue weighted by molar-refractivity contribution is -0.384. The van der Waals surface area contributed by atoms with Crippen LogP contribution in [0.4, 0.5) is 5.69 Å². The molecule has 2 aromatic rings. The van der Waals surface area contributed by atoms with Gasteiger partial charge in [-0.05, 0) is 29.7 Å². The van der Waals surface area contributed by atoms with Crippen molar-refractivity contribution in [3.8, 4) is 17.2 Å². The van der Waals surface area contributed by atoms with Crippen LogP contribution in [-0.4, -0.2) is 36.9 Å². The Hall–Kier alpha value is -3.62. The fraction of sp³-hybridized carbons (Fsp3) is 0.364. The van der Waals surface area contributed by atoms with Crippen LogP contribution in [0.25, 0.3) is 0 Å². The first-order valence-electron chi connectivity index (χ1n) is 9.94. The van der Waals surface area contributed by atoms with Gasteiger partial charge in [0.25, 0.3) is 11.6 Å². The molecule has 1 aliphatic heterocycles. The maximum atomic E-state index is 12.5. The van der Waals surface area contributed by atoms with Crippen LogP contribution in [0.1, 0.15) is 42.2 Å². The Labute approximate surface area is 179 Å². The fourth-order valence-electron chi connectivity index (χ4n) is 3.24. The van der Waals surface area contributed by atoms with Crippen molar-refractivity contribution in [3.63, 3.8) is 0 Å². The predicted molar refractivity (Wildman–Crippen MR) is 112 cm³/mol. The van der Waals surface area contributed by atoms with Crippen LogP contribution in [0.15, 0.2) is 36.4 Å². The lowest BCUT2D eigenvalue weighted by Gasteiger charge is -2.24. The van der Waals surface area contributed by atoms with E-state index in [1.54, 1.807) is 0 Å². The van der Waals surface area contributed by atoms with Crippen molar-refractivity contribution in [2.75, 3.05) is 19.8 Å². The normalized spacial score (nSPS) is 13.8. The Morgan fingerprint density at radius 3 is 2.61 bits per heavy atom. The van der Waals surface area contributed by atoms with Crippen molar-refractivity contribution in [2.24, 2.45) is 5.92 Å². The molecule has 1 aliphatic rings. The number of rotatable bonds is 8. The van der Waals surface area contributed by atoms with Gasteiger partial charge in [0.05, 0.1) is 29.7 Å². The standard InChI is InChI=1S/C22H24N2O7/c1-14(2)22(15-4-6-19-20(11-15)30-9-3-8-29-19)23-21(26)13-31-18-7-5-17(24(27)28)10-16(18)12-25/h4-7,10-12,14,22H,3,8-9,13H2,1-2H3,(H,23,26). The number of hydrogen-bond donors (Lipinski definition) is 1. The van der Waals surface area contributed by atoms with E-state index < -0.39 is 4.92 Å². The van der Waals surface area contributed by atoms with Gasteiger partial charge in [-0.2, -0.15) is 0 Å². The number of nitro groups is 1. The van der Waals surface area contributed by atoms with Crippen LogP contribution in [0.2, 0.25) is 0 Å². The molecule has 31 heavy (non-hydrogen) atoms. The number of carbonyl (C=O) groups excluding carboxylic acids is 2. The number of carbonyl (C=O) groups is 2. The molecule has 9 heteroatoms. The monoisotopic (exact) mass is 428 g/mol. The van der Waals surface area contributed by atoms with Crippen molar-refractivity contribution < 1.29 is 28.7 Å². The average molecular weight is 428 g/mol. The predicted octanol–water partition coefficient (Wildman–Crippen LogP) is 3.46. The van der Waals surface area contributed by atoms with Crippen molar-refractivity contribution >= 4 is 17.9 Å². The molecule has 0 aliphatic carbocycles. The van der Waals surface area contributed by atoms with Gasteiger partial charge in [0.15, 0.2) is 24.4 Å². The van der Waals surface area contributed by atoms with Crippen molar-refractivity contribution in [3.05, 3.63) is 57.6 Å². The van der Waals surface area contributed by atoms with E-state index in [1.165, 1.54) is 12.1 Å². The molecule has 1 unspecified atom stereocenters. The second-order valence-electron chi connectivity index (χ2n) is 7.43. The molecule has 1 amide bonds. The number of amides is 1. The Balaban J connectivity index is 1.69. The largest absolute Gasteiger partial charge is 0.490 e. The second kappa shape index (κ2) is 9.92. The Bertz CT molecular complexity index is 974. The van der Waals surface area contributed by atoms with Gasteiger partial charge in [0.2, 0.25) is 0 Å². The number of nitrogens with one attached hydrogen (secondary N) is 1. The quantitative estimate of drug-likeness (QED) is 0.389. The van der Waals surface area contributed by atoms with E-state index in [-0.39, 0.29) is 41.5 Å². The first-order chi connectivity index (χ1) is 14.9. The van der Waals surface area contributed by atoms with E-state index in [9.17, 15) is 19.7 Å². The number of hydrogen-bond acceptors (Lipinski definition) is 7. The number of ether oxygens (including phenoxy) is 3. The maximum Gasteiger partial charge on any atom is 0.270 e. The molecular weight excluding hydrogens is 404 g/mol. The lowest BCUT2D eigenvalue weighted by Crippen LogP contribution is -2.35. The highest BCUT2D eigenvalue weighted by molar-refractivity contribution is 5.82. The summed E-state index contributed by atoms with van der Waals surface area (Å²) in [6, 6.07) is 8.92. The summed E-state index contributed by atoms with van der Waals surface area (Å²) in [5, 5.41) is 13.8. The number of fused-ring (bicyclic) bond motifs is 1. The first kappa shape index (κ1) is 22.1. The maximum absolute atomic E-state index is 12.5. The van der Waals surface area contributed by atoms with E-state index >= 15 is 0 Å². The molecule has 0 radical (unpaired) electrons. The third-order valence-electron chi connectivity index (χ3n) is 4.80. The van der Waals surface area contributed by atoms with Gasteiger partial charge in [-0.1, -0.05) is 19.9 Å². The first-order valence-corrected chi connectivity index (χ1v) is 9.94. The van der Waals surface area contributed by atoms with Gasteiger partial charge in [-0.3, -0.25) is 19.7 Å². The summed E-state index contributed by atoms with van der Waals surface area (Å²) >= 11 is 0. The van der Waals surface area contributed by atoms with Crippen LogP contribution in [0.3, 0.4) is 0 Å². The van der Waals surface area contributed by atoms with E-state index in [0.717, 1.165) is 18.1 Å². The molecule has 0 aromatic heterocycles. The Morgan fingerprint density at radius 1 is 1.19 bits per heavy atom. The molecule has 0 spiro atoms. The van der Waals surface area contributed by atoms with E-state index in [2.05, 4.69) is 5.32 Å². The Morgan fingerprint density at radius 2 is 1.94 bits per heavy atom. The number of aldehydes is 1. The van der Waals surface area contributed by atoms with Crippen LogP contribution >= 0.6 is 0 Å². The van der Waals surface area contributed by atoms with E-state index in [4.69, 9.17) is 14.2 Å². The summed E-state index contributed by atoms with van der Waals surface area (Å²) < 4.78 is 16.8. The van der Waals surface area contributed by atoms with Gasteiger partial charge < -0.3 is 19.5 Å². The zero-order chi connectivity index (χ0) is 22.4. The number of nitro benzene ring substituents is 1. The molecule has 0 fully saturated rings. The smallest absolute Gasteiger partial charge is 0.270 e. The summed E-state index contributed by atoms with van der Waals surface area (Å²) in [6.45, 7) is 4.79. The second-order valence-corrected chi connectivity index (χ2v) is 7.43. The number of benzene rings is 2. The third kappa shape index (κ3) is 5.50. The van der Waals surface area contributed by atoms with Crippen molar-refractivity contribution in [1.82, 2.24) is 5.32 Å². The van der Waals surface area contributed by atoms with Crippen LogP contribution in [0.5, 0.6) is 17.2 Å². The molecule has 1 atom stereocenters. The summed E-state index contributed by atoms with van der Waals surface area (Å²) in [6.07, 6.45) is 1.26. The minimum absolute atomic E-state index is 0.00492. The van der Waals surface area contributed by atoms with Crippen LogP contribution in [-0.2, 0) is 4.79 Å². The van der Waals surface area contributed by atoms with Crippen molar-refractivity contribution in [1.29, 1.82) is 0 Å². The van der Waals surface area contributed by atoms with Gasteiger partial charge in [-0.25, -0.2) is 0 Å². The molecule has 9 nitrogen and oxygen atoms in total. The highest BCUT2D eigenvalue weighted by atomic mass is 16.6. The highest BCUT2D eigenvalue weighted by Gasteiger charge is 2.22. The van der Waals surface area contributed by atoms with Crippen LogP contribution < -0.4 is 19.5 Å². The molecular formula is C22H24N2O7. The topological polar surface area (TPSA) is 117 Å². The summed E-state index contributed by atoms with van der Waals surface area (Å²) in [5.41, 5.74) is 0.648. The van der Waals surface area contributed by atoms with Gasteiger partial charge in [-0.15, -0.1) is 0 Å². The molecule has 1 heterocycles. The molecule has 2 aromatic carbocycles. The summed E-state index contributed by atoms with van der Waals surface area (Å²) in [4.78, 5) is 34.0. The molecule has 3 rings (SSSR count). The summed E-state index contributed by atoms with van der Waals surface area (Å²) in [7, 11) is 0. The van der Waals surface area contributed by atoms with E-state index in [0.29, 0.717) is 31.0 Å². The number of non-ortho nitro benzene ring substituents is 1. The van der Waals surface area contributed by atoms with Crippen molar-refractivity contribution in [2.45, 2.75) is 26.3 Å². The lowest BCUT2D eigenvalue weighted by atomic mass is 9.95. The SMILES string of the molecule is CC(C)C(NC(=O)COc1ccc([N+](=O)[O-])cc1C=O)c1ccc2c(c1)OCCCO2. The van der Waals surface area contributed by atoms with Gasteiger partial charge in [0.1, 0.15) is 5.75 Å². The average Bonchev–Trinajstić information content (AvgIpc) is 3.00. The van der Waals surface area contributed by atoms with Gasteiger partial charge >= 0.3 is 0 Å². The minimum Gasteiger partial charge on any atom is -0.490 e. The van der Waals surface area contributed by atoms with Gasteiger partial charge in [0, 0.05) is 18.6 Å². The highest BCUT2D eigenvalue weighted by Crippen LogP contribution is 2.34. The molecule has 0 bridgehead atoms. The summed E-state index contributed by atoms with van der Waals surface area (Å²) in [5.74, 6) is 1.12.